The van der Waals surface area contributed by atoms with Gasteiger partial charge in [-0.25, -0.2) is 0 Å². The van der Waals surface area contributed by atoms with E-state index in [1.54, 1.807) is 92.9 Å². The molecule has 4 aromatic carbocycles. The Balaban J connectivity index is 1.29. The number of ether oxygens (including phenoxy) is 1. The summed E-state index contributed by atoms with van der Waals surface area (Å²) in [5.74, 6) is -0.604. The first-order valence-corrected chi connectivity index (χ1v) is 16.7. The van der Waals surface area contributed by atoms with Crippen molar-refractivity contribution in [1.82, 2.24) is 5.32 Å². The molecule has 10 heteroatoms. The number of anilines is 2. The summed E-state index contributed by atoms with van der Waals surface area (Å²) in [5, 5.41) is 20.3. The number of nitriles is 1. The summed E-state index contributed by atoms with van der Waals surface area (Å²) in [6.07, 6.45) is 1.58. The summed E-state index contributed by atoms with van der Waals surface area (Å²) in [4.78, 5) is 40.5. The lowest BCUT2D eigenvalue weighted by atomic mass is 10.0. The van der Waals surface area contributed by atoms with Gasteiger partial charge in [-0.3, -0.25) is 14.4 Å². The van der Waals surface area contributed by atoms with Gasteiger partial charge in [0.25, 0.3) is 11.8 Å². The van der Waals surface area contributed by atoms with E-state index in [0.717, 1.165) is 21.6 Å². The minimum absolute atomic E-state index is 0.0390. The average molecular weight is 673 g/mol. The van der Waals surface area contributed by atoms with Crippen molar-refractivity contribution >= 4 is 57.6 Å². The Kier molecular flexibility index (Phi) is 11.1. The van der Waals surface area contributed by atoms with Crippen LogP contribution in [0.25, 0.3) is 17.2 Å². The molecule has 0 aliphatic rings. The van der Waals surface area contributed by atoms with Crippen LogP contribution in [0, 0.1) is 18.3 Å². The average Bonchev–Trinajstić information content (AvgIpc) is 3.51. The third-order valence-electron chi connectivity index (χ3n) is 7.21. The van der Waals surface area contributed by atoms with Crippen molar-refractivity contribution in [2.45, 2.75) is 24.0 Å². The van der Waals surface area contributed by atoms with E-state index in [0.29, 0.717) is 33.1 Å². The molecule has 48 heavy (non-hydrogen) atoms. The third-order valence-corrected chi connectivity index (χ3v) is 9.20. The van der Waals surface area contributed by atoms with E-state index in [-0.39, 0.29) is 11.6 Å². The number of thiophene rings is 1. The molecule has 8 nitrogen and oxygen atoms in total. The Hall–Kier alpha value is -5.63. The highest BCUT2D eigenvalue weighted by Crippen LogP contribution is 2.36. The normalized spacial score (nSPS) is 11.6. The highest BCUT2D eigenvalue weighted by Gasteiger charge is 2.20. The standard InChI is InChI=1S/C38H32N4O4S2/c1-24-15-17-27(18-16-24)33-23-47-38(32(33)22-39)42-35(43)25(2)48-31-14-8-12-29(21-31)40-37(45)34(20-26-9-7-13-30(19-26)46-3)41-36(44)28-10-5-4-6-11-28/h4-21,23,25H,1-3H3,(H,40,45)(H,41,44)(H,42,43)/b34-20-. The highest BCUT2D eigenvalue weighted by atomic mass is 32.2. The van der Waals surface area contributed by atoms with Crippen LogP contribution in [0.5, 0.6) is 5.75 Å². The van der Waals surface area contributed by atoms with Crippen molar-refractivity contribution in [3.05, 3.63) is 136 Å². The highest BCUT2D eigenvalue weighted by molar-refractivity contribution is 8.00. The van der Waals surface area contributed by atoms with Crippen LogP contribution in [0.3, 0.4) is 0 Å². The molecular weight excluding hydrogens is 641 g/mol. The van der Waals surface area contributed by atoms with Crippen molar-refractivity contribution in [3.63, 3.8) is 0 Å². The summed E-state index contributed by atoms with van der Waals surface area (Å²) >= 11 is 2.63. The van der Waals surface area contributed by atoms with Gasteiger partial charge in [-0.2, -0.15) is 5.26 Å². The van der Waals surface area contributed by atoms with Gasteiger partial charge in [-0.1, -0.05) is 66.2 Å². The molecule has 3 amide bonds. The van der Waals surface area contributed by atoms with E-state index < -0.39 is 17.1 Å². The van der Waals surface area contributed by atoms with Crippen LogP contribution in [-0.4, -0.2) is 30.1 Å². The van der Waals surface area contributed by atoms with Gasteiger partial charge in [0.2, 0.25) is 5.91 Å². The second-order valence-electron chi connectivity index (χ2n) is 10.7. The number of amides is 3. The Morgan fingerprint density at radius 1 is 0.917 bits per heavy atom. The number of rotatable bonds is 11. The SMILES string of the molecule is COc1cccc(/C=C(\NC(=O)c2ccccc2)C(=O)Nc2cccc(SC(C)C(=O)Nc3scc(-c4ccc(C)cc4)c3C#N)c2)c1. The van der Waals surface area contributed by atoms with Crippen molar-refractivity contribution in [2.75, 3.05) is 17.7 Å². The second kappa shape index (κ2) is 15.8. The molecule has 0 aliphatic carbocycles. The molecule has 0 saturated heterocycles. The Labute approximate surface area is 287 Å². The number of methoxy groups -OCH3 is 1. The fourth-order valence-electron chi connectivity index (χ4n) is 4.66. The predicted molar refractivity (Wildman–Crippen MR) is 193 cm³/mol. The lowest BCUT2D eigenvalue weighted by molar-refractivity contribution is -0.115. The Morgan fingerprint density at radius 3 is 2.40 bits per heavy atom. The molecule has 0 radical (unpaired) electrons. The maximum atomic E-state index is 13.5. The van der Waals surface area contributed by atoms with Crippen LogP contribution in [0.15, 0.2) is 119 Å². The van der Waals surface area contributed by atoms with Crippen molar-refractivity contribution in [1.29, 1.82) is 5.26 Å². The third kappa shape index (κ3) is 8.59. The number of nitrogens with zero attached hydrogens (tertiary/aromatic N) is 1. The van der Waals surface area contributed by atoms with Crippen LogP contribution < -0.4 is 20.7 Å². The number of thioether (sulfide) groups is 1. The lowest BCUT2D eigenvalue weighted by Gasteiger charge is -2.14. The first-order chi connectivity index (χ1) is 23.2. The zero-order valence-corrected chi connectivity index (χ0v) is 28.1. The fourth-order valence-corrected chi connectivity index (χ4v) is 6.51. The molecule has 1 aromatic heterocycles. The molecule has 0 aliphatic heterocycles. The lowest BCUT2D eigenvalue weighted by Crippen LogP contribution is -2.30. The van der Waals surface area contributed by atoms with E-state index in [9.17, 15) is 19.6 Å². The molecule has 240 valence electrons. The van der Waals surface area contributed by atoms with Gasteiger partial charge in [-0.15, -0.1) is 23.1 Å². The predicted octanol–water partition coefficient (Wildman–Crippen LogP) is 8.13. The van der Waals surface area contributed by atoms with Gasteiger partial charge < -0.3 is 20.7 Å². The molecule has 1 heterocycles. The fraction of sp³-hybridized carbons (Fsp3) is 0.105. The quantitative estimate of drug-likeness (QED) is 0.0963. The van der Waals surface area contributed by atoms with Gasteiger partial charge in [0.05, 0.1) is 17.9 Å². The first kappa shape index (κ1) is 33.7. The molecule has 0 saturated carbocycles. The van der Waals surface area contributed by atoms with Gasteiger partial charge in [0.1, 0.15) is 22.5 Å². The van der Waals surface area contributed by atoms with Crippen LogP contribution >= 0.6 is 23.1 Å². The zero-order valence-electron chi connectivity index (χ0n) is 26.4. The minimum atomic E-state index is -0.527. The zero-order chi connectivity index (χ0) is 34.0. The second-order valence-corrected chi connectivity index (χ2v) is 13.0. The van der Waals surface area contributed by atoms with Crippen LogP contribution in [0.4, 0.5) is 10.7 Å². The molecular formula is C38H32N4O4S2. The summed E-state index contributed by atoms with van der Waals surface area (Å²) < 4.78 is 5.31. The summed E-state index contributed by atoms with van der Waals surface area (Å²) in [6, 6.07) is 33.0. The number of benzene rings is 4. The molecule has 0 fully saturated rings. The largest absolute Gasteiger partial charge is 0.497 e. The van der Waals surface area contributed by atoms with E-state index >= 15 is 0 Å². The van der Waals surface area contributed by atoms with Crippen molar-refractivity contribution < 1.29 is 19.1 Å². The smallest absolute Gasteiger partial charge is 0.272 e. The van der Waals surface area contributed by atoms with E-state index in [2.05, 4.69) is 22.0 Å². The van der Waals surface area contributed by atoms with Gasteiger partial charge in [0.15, 0.2) is 0 Å². The number of hydrogen-bond donors (Lipinski definition) is 3. The van der Waals surface area contributed by atoms with Crippen LogP contribution in [0.1, 0.15) is 34.0 Å². The van der Waals surface area contributed by atoms with Gasteiger partial charge >= 0.3 is 0 Å². The van der Waals surface area contributed by atoms with E-state index in [4.69, 9.17) is 4.74 Å². The van der Waals surface area contributed by atoms with Gasteiger partial charge in [-0.05, 0) is 73.5 Å². The number of aryl methyl sites for hydroxylation is 1. The molecule has 1 unspecified atom stereocenters. The first-order valence-electron chi connectivity index (χ1n) is 14.9. The van der Waals surface area contributed by atoms with E-state index in [1.807, 2.05) is 42.6 Å². The number of carbonyl (C=O) groups is 3. The number of carbonyl (C=O) groups excluding carboxylic acids is 3. The summed E-state index contributed by atoms with van der Waals surface area (Å²) in [5.41, 5.74) is 4.83. The molecule has 5 rings (SSSR count). The Bertz CT molecular complexity index is 2010. The van der Waals surface area contributed by atoms with E-state index in [1.165, 1.54) is 23.1 Å². The van der Waals surface area contributed by atoms with Crippen molar-refractivity contribution in [2.24, 2.45) is 0 Å². The van der Waals surface area contributed by atoms with Crippen molar-refractivity contribution in [3.8, 4) is 22.9 Å². The summed E-state index contributed by atoms with van der Waals surface area (Å²) in [6.45, 7) is 3.78. The molecule has 0 bridgehead atoms. The molecule has 5 aromatic rings. The van der Waals surface area contributed by atoms with Crippen LogP contribution in [0.2, 0.25) is 0 Å². The summed E-state index contributed by atoms with van der Waals surface area (Å²) in [7, 11) is 1.55. The monoisotopic (exact) mass is 672 g/mol. The number of nitrogens with one attached hydrogen (secondary N) is 3. The topological polar surface area (TPSA) is 120 Å². The molecule has 1 atom stereocenters. The maximum absolute atomic E-state index is 13.5. The molecule has 0 spiro atoms. The maximum Gasteiger partial charge on any atom is 0.272 e. The Morgan fingerprint density at radius 2 is 1.67 bits per heavy atom. The van der Waals surface area contributed by atoms with Gasteiger partial charge in [0, 0.05) is 27.1 Å². The minimum Gasteiger partial charge on any atom is -0.497 e. The van der Waals surface area contributed by atoms with Crippen LogP contribution in [-0.2, 0) is 9.59 Å². The molecule has 3 N–H and O–H groups in total. The number of hydrogen-bond acceptors (Lipinski definition) is 7.